The van der Waals surface area contributed by atoms with Crippen molar-refractivity contribution in [2.24, 2.45) is 10.2 Å². The zero-order valence-corrected chi connectivity index (χ0v) is 26.5. The Hall–Kier alpha value is -2.44. The number of anilines is 2. The van der Waals surface area contributed by atoms with E-state index in [0.29, 0.717) is 6.07 Å². The molecule has 40 heavy (non-hydrogen) atoms. The number of phenols is 1. The molecular formula is C23H15FN4Na2O8S2. The number of nitrogens with two attached hydrogens (primary N) is 1. The minimum absolute atomic E-state index is 0. The maximum absolute atomic E-state index is 13.4. The molecule has 0 spiro atoms. The molecule has 4 aromatic rings. The molecule has 0 aliphatic carbocycles. The predicted octanol–water partition coefficient (Wildman–Crippen LogP) is -2.25. The van der Waals surface area contributed by atoms with Crippen molar-refractivity contribution < 1.29 is 99.3 Å². The molecule has 196 valence electrons. The van der Waals surface area contributed by atoms with Crippen LogP contribution in [0.5, 0.6) is 5.75 Å². The van der Waals surface area contributed by atoms with Gasteiger partial charge in [0.25, 0.3) is 5.91 Å². The fourth-order valence-electron chi connectivity index (χ4n) is 3.48. The van der Waals surface area contributed by atoms with Crippen LogP contribution in [0.3, 0.4) is 0 Å². The quantitative estimate of drug-likeness (QED) is 0.0937. The molecule has 0 saturated carbocycles. The molecule has 0 aliphatic heterocycles. The number of halogens is 1. The van der Waals surface area contributed by atoms with Crippen molar-refractivity contribution in [3.63, 3.8) is 0 Å². The minimum Gasteiger partial charge on any atom is -0.744 e. The van der Waals surface area contributed by atoms with Crippen molar-refractivity contribution in [3.05, 3.63) is 78.1 Å². The van der Waals surface area contributed by atoms with Crippen LogP contribution in [-0.4, -0.2) is 37.0 Å². The van der Waals surface area contributed by atoms with Crippen LogP contribution in [0.1, 0.15) is 10.4 Å². The second-order valence-corrected chi connectivity index (χ2v) is 10.5. The number of carbonyl (C=O) groups excluding carboxylic acids is 1. The predicted molar refractivity (Wildman–Crippen MR) is 131 cm³/mol. The summed E-state index contributed by atoms with van der Waals surface area (Å²) in [6.45, 7) is 0. The van der Waals surface area contributed by atoms with Gasteiger partial charge in [0.1, 0.15) is 43.2 Å². The van der Waals surface area contributed by atoms with Gasteiger partial charge in [0.05, 0.1) is 20.9 Å². The second-order valence-electron chi connectivity index (χ2n) is 7.80. The number of hydrogen-bond donors (Lipinski definition) is 3. The molecule has 4 aromatic carbocycles. The van der Waals surface area contributed by atoms with E-state index in [4.69, 9.17) is 5.73 Å². The van der Waals surface area contributed by atoms with Gasteiger partial charge in [0.2, 0.25) is 0 Å². The molecule has 0 bridgehead atoms. The molecule has 0 saturated heterocycles. The third-order valence-electron chi connectivity index (χ3n) is 5.19. The van der Waals surface area contributed by atoms with Crippen LogP contribution in [0, 0.1) is 5.82 Å². The maximum Gasteiger partial charge on any atom is 1.00 e. The van der Waals surface area contributed by atoms with Crippen molar-refractivity contribution >= 4 is 59.7 Å². The molecule has 0 aromatic heterocycles. The fourth-order valence-corrected chi connectivity index (χ4v) is 4.64. The summed E-state index contributed by atoms with van der Waals surface area (Å²) in [7, 11) is -10.0. The molecule has 4 N–H and O–H groups in total. The number of nitrogens with one attached hydrogen (secondary N) is 1. The first-order valence-corrected chi connectivity index (χ1v) is 13.2. The molecule has 0 radical (unpaired) electrons. The monoisotopic (exact) mass is 604 g/mol. The fraction of sp³-hybridized carbons (Fsp3) is 0. The Bertz CT molecular complexity index is 1870. The van der Waals surface area contributed by atoms with E-state index < -0.39 is 53.2 Å². The summed E-state index contributed by atoms with van der Waals surface area (Å²) in [6, 6.07) is 12.1. The van der Waals surface area contributed by atoms with Gasteiger partial charge >= 0.3 is 59.1 Å². The molecule has 0 atom stereocenters. The third kappa shape index (κ3) is 7.64. The standard InChI is InChI=1S/C23H17FN4O8S2.2Na/c24-14-3-1-2-13(8-14)23(30)26-15-5-7-18(20(10-15)38(34,35)36)27-28-22-17(25)6-4-12-9-16(37(31,32)33)11-19(29)21(12)22;;/h1-11,29H,25H2,(H,26,30)(H,31,32,33)(H,34,35,36);;/q;2*+1/p-2. The maximum atomic E-state index is 13.4. The van der Waals surface area contributed by atoms with E-state index in [2.05, 4.69) is 15.5 Å². The number of nitrogen functional groups attached to an aromatic ring is 1. The smallest absolute Gasteiger partial charge is 0.744 e. The number of azo groups is 1. The van der Waals surface area contributed by atoms with Crippen molar-refractivity contribution in [2.75, 3.05) is 11.1 Å². The first kappa shape index (κ1) is 33.8. The molecule has 17 heteroatoms. The van der Waals surface area contributed by atoms with Crippen LogP contribution in [-0.2, 0) is 20.2 Å². The van der Waals surface area contributed by atoms with Gasteiger partial charge in [0.15, 0.2) is 0 Å². The molecule has 0 fully saturated rings. The SMILES string of the molecule is Nc1ccc2cc(S(=O)(=O)[O-])cc(O)c2c1N=Nc1ccc(NC(=O)c2cccc(F)c2)cc1S(=O)(=O)[O-].[Na+].[Na+]. The Morgan fingerprint density at radius 3 is 2.23 bits per heavy atom. The van der Waals surface area contributed by atoms with Gasteiger partial charge in [-0.25, -0.2) is 21.2 Å². The van der Waals surface area contributed by atoms with Crippen LogP contribution in [0.2, 0.25) is 0 Å². The van der Waals surface area contributed by atoms with Gasteiger partial charge in [-0.2, -0.15) is 0 Å². The summed E-state index contributed by atoms with van der Waals surface area (Å²) in [6.07, 6.45) is 0. The van der Waals surface area contributed by atoms with Gasteiger partial charge in [-0.1, -0.05) is 12.1 Å². The van der Waals surface area contributed by atoms with Crippen molar-refractivity contribution in [2.45, 2.75) is 9.79 Å². The Labute approximate surface area is 271 Å². The molecular weight excluding hydrogens is 589 g/mol. The number of amides is 1. The Balaban J connectivity index is 0.00000280. The summed E-state index contributed by atoms with van der Waals surface area (Å²) in [5.74, 6) is -2.10. The van der Waals surface area contributed by atoms with Crippen molar-refractivity contribution in [3.8, 4) is 5.75 Å². The third-order valence-corrected chi connectivity index (χ3v) is 6.87. The average molecular weight is 605 g/mol. The largest absolute Gasteiger partial charge is 1.00 e. The van der Waals surface area contributed by atoms with Crippen LogP contribution < -0.4 is 70.2 Å². The molecule has 1 amide bonds. The molecule has 4 rings (SSSR count). The number of aromatic hydroxyl groups is 1. The van der Waals surface area contributed by atoms with E-state index in [1.165, 1.54) is 30.3 Å². The molecule has 0 heterocycles. The number of phenolic OH excluding ortho intramolecular Hbond substituents is 1. The van der Waals surface area contributed by atoms with Gasteiger partial charge in [0, 0.05) is 11.3 Å². The summed E-state index contributed by atoms with van der Waals surface area (Å²) in [5, 5.41) is 20.3. The number of benzene rings is 4. The van der Waals surface area contributed by atoms with Gasteiger partial charge in [-0.15, -0.1) is 10.2 Å². The van der Waals surface area contributed by atoms with E-state index >= 15 is 0 Å². The van der Waals surface area contributed by atoms with Crippen LogP contribution in [0.25, 0.3) is 10.8 Å². The number of nitrogens with zero attached hydrogens (tertiary/aromatic N) is 2. The van der Waals surface area contributed by atoms with E-state index in [1.807, 2.05) is 0 Å². The Morgan fingerprint density at radius 1 is 0.900 bits per heavy atom. The molecule has 0 unspecified atom stereocenters. The van der Waals surface area contributed by atoms with E-state index in [-0.39, 0.29) is 92.5 Å². The normalized spacial score (nSPS) is 11.6. The summed E-state index contributed by atoms with van der Waals surface area (Å²) in [5.41, 5.74) is 5.04. The number of hydrogen-bond acceptors (Lipinski definition) is 11. The van der Waals surface area contributed by atoms with Gasteiger partial charge < -0.3 is 25.3 Å². The zero-order valence-electron chi connectivity index (χ0n) is 20.8. The van der Waals surface area contributed by atoms with Gasteiger partial charge in [-0.05, 0) is 60.0 Å². The second kappa shape index (κ2) is 13.0. The Morgan fingerprint density at radius 2 is 1.60 bits per heavy atom. The average Bonchev–Trinajstić information content (AvgIpc) is 2.82. The van der Waals surface area contributed by atoms with Crippen LogP contribution in [0.4, 0.5) is 27.1 Å². The zero-order chi connectivity index (χ0) is 27.8. The molecule has 12 nitrogen and oxygen atoms in total. The number of carbonyl (C=O) groups is 1. The van der Waals surface area contributed by atoms with Crippen molar-refractivity contribution in [1.29, 1.82) is 0 Å². The number of fused-ring (bicyclic) bond motifs is 1. The summed E-state index contributed by atoms with van der Waals surface area (Å²) < 4.78 is 83.2. The van der Waals surface area contributed by atoms with Crippen LogP contribution >= 0.6 is 0 Å². The molecule has 0 aliphatic rings. The summed E-state index contributed by atoms with van der Waals surface area (Å²) in [4.78, 5) is 10.8. The topological polar surface area (TPSA) is 214 Å². The van der Waals surface area contributed by atoms with Gasteiger partial charge in [-0.3, -0.25) is 4.79 Å². The van der Waals surface area contributed by atoms with E-state index in [1.54, 1.807) is 0 Å². The van der Waals surface area contributed by atoms with Crippen molar-refractivity contribution in [1.82, 2.24) is 0 Å². The minimum atomic E-state index is -5.15. The van der Waals surface area contributed by atoms with E-state index in [0.717, 1.165) is 30.3 Å². The first-order chi connectivity index (χ1) is 17.7. The number of rotatable bonds is 6. The Kier molecular flexibility index (Phi) is 11.0. The first-order valence-electron chi connectivity index (χ1n) is 10.3. The summed E-state index contributed by atoms with van der Waals surface area (Å²) >= 11 is 0. The van der Waals surface area contributed by atoms with Crippen LogP contribution in [0.15, 0.2) is 86.7 Å². The van der Waals surface area contributed by atoms with E-state index in [9.17, 15) is 40.2 Å².